The van der Waals surface area contributed by atoms with E-state index in [9.17, 15) is 4.79 Å². The number of carbonyl (C=O) groups excluding carboxylic acids is 1. The smallest absolute Gasteiger partial charge is 0.256 e. The molecular formula is C18H20N4O3. The van der Waals surface area contributed by atoms with E-state index in [-0.39, 0.29) is 17.9 Å². The third kappa shape index (κ3) is 2.80. The summed E-state index contributed by atoms with van der Waals surface area (Å²) in [6.07, 6.45) is 1.84. The topological polar surface area (TPSA) is 84.3 Å². The molecule has 1 aliphatic heterocycles. The van der Waals surface area contributed by atoms with Gasteiger partial charge in [0, 0.05) is 24.0 Å². The molecular weight excluding hydrogens is 320 g/mol. The number of ether oxygens (including phenoxy) is 1. The average Bonchev–Trinajstić information content (AvgIpc) is 3.30. The zero-order valence-electron chi connectivity index (χ0n) is 14.2. The zero-order chi connectivity index (χ0) is 17.4. The fourth-order valence-corrected chi connectivity index (χ4v) is 3.08. The first kappa shape index (κ1) is 15.8. The molecule has 0 saturated carbocycles. The SMILES string of the molecule is CC(C)c1nnc(C2COCCN2C(=O)c2cccc3cc[nH]c23)o1. The van der Waals surface area contributed by atoms with Crippen molar-refractivity contribution in [3.8, 4) is 0 Å². The standard InChI is InChI=1S/C18H20N4O3/c1-11(2)16-20-21-17(25-16)14-10-24-9-8-22(14)18(23)13-5-3-4-12-6-7-19-15(12)13/h3-7,11,14,19H,8-10H2,1-2H3. The maximum absolute atomic E-state index is 13.2. The lowest BCUT2D eigenvalue weighted by molar-refractivity contribution is -0.0106. The van der Waals surface area contributed by atoms with Crippen LogP contribution in [0.4, 0.5) is 0 Å². The summed E-state index contributed by atoms with van der Waals surface area (Å²) in [7, 11) is 0. The Morgan fingerprint density at radius 1 is 1.32 bits per heavy atom. The molecule has 1 unspecified atom stereocenters. The highest BCUT2D eigenvalue weighted by Crippen LogP contribution is 2.28. The summed E-state index contributed by atoms with van der Waals surface area (Å²) in [6, 6.07) is 7.29. The first-order valence-corrected chi connectivity index (χ1v) is 8.43. The van der Waals surface area contributed by atoms with Crippen molar-refractivity contribution in [3.63, 3.8) is 0 Å². The number of hydrogen-bond acceptors (Lipinski definition) is 5. The molecule has 1 aromatic carbocycles. The van der Waals surface area contributed by atoms with Crippen LogP contribution in [0.2, 0.25) is 0 Å². The van der Waals surface area contributed by atoms with Crippen LogP contribution in [-0.2, 0) is 4.74 Å². The lowest BCUT2D eigenvalue weighted by Gasteiger charge is -2.33. The van der Waals surface area contributed by atoms with E-state index in [1.165, 1.54) is 0 Å². The van der Waals surface area contributed by atoms with Crippen molar-refractivity contribution >= 4 is 16.8 Å². The number of fused-ring (bicyclic) bond motifs is 1. The van der Waals surface area contributed by atoms with Gasteiger partial charge >= 0.3 is 0 Å². The highest BCUT2D eigenvalue weighted by molar-refractivity contribution is 6.05. The van der Waals surface area contributed by atoms with E-state index in [1.54, 1.807) is 4.90 Å². The number of rotatable bonds is 3. The van der Waals surface area contributed by atoms with Gasteiger partial charge in [0.25, 0.3) is 5.91 Å². The first-order chi connectivity index (χ1) is 12.1. The molecule has 7 nitrogen and oxygen atoms in total. The van der Waals surface area contributed by atoms with Crippen LogP contribution in [0.1, 0.15) is 47.9 Å². The number of morpholine rings is 1. The van der Waals surface area contributed by atoms with E-state index < -0.39 is 0 Å². The van der Waals surface area contributed by atoms with Crippen molar-refractivity contribution in [1.29, 1.82) is 0 Å². The molecule has 1 saturated heterocycles. The van der Waals surface area contributed by atoms with Crippen LogP contribution in [0.5, 0.6) is 0 Å². The van der Waals surface area contributed by atoms with Crippen molar-refractivity contribution in [2.45, 2.75) is 25.8 Å². The molecule has 7 heteroatoms. The summed E-state index contributed by atoms with van der Waals surface area (Å²) >= 11 is 0. The number of aromatic nitrogens is 3. The van der Waals surface area contributed by atoms with Gasteiger partial charge in [-0.15, -0.1) is 10.2 Å². The van der Waals surface area contributed by atoms with Gasteiger partial charge in [-0.3, -0.25) is 4.79 Å². The molecule has 25 heavy (non-hydrogen) atoms. The second kappa shape index (κ2) is 6.33. The quantitative estimate of drug-likeness (QED) is 0.792. The zero-order valence-corrected chi connectivity index (χ0v) is 14.2. The minimum absolute atomic E-state index is 0.0642. The van der Waals surface area contributed by atoms with Gasteiger partial charge < -0.3 is 19.0 Å². The predicted molar refractivity (Wildman–Crippen MR) is 91.3 cm³/mol. The van der Waals surface area contributed by atoms with Gasteiger partial charge in [0.2, 0.25) is 11.8 Å². The Balaban J connectivity index is 1.68. The van der Waals surface area contributed by atoms with E-state index in [2.05, 4.69) is 15.2 Å². The molecule has 1 fully saturated rings. The van der Waals surface area contributed by atoms with E-state index in [4.69, 9.17) is 9.15 Å². The van der Waals surface area contributed by atoms with E-state index in [0.29, 0.717) is 37.1 Å². The molecule has 1 aliphatic rings. The molecule has 0 spiro atoms. The van der Waals surface area contributed by atoms with E-state index in [0.717, 1.165) is 10.9 Å². The monoisotopic (exact) mass is 340 g/mol. The van der Waals surface area contributed by atoms with E-state index >= 15 is 0 Å². The molecule has 0 aliphatic carbocycles. The van der Waals surface area contributed by atoms with Crippen molar-refractivity contribution in [2.75, 3.05) is 19.8 Å². The Morgan fingerprint density at radius 2 is 2.20 bits per heavy atom. The van der Waals surface area contributed by atoms with Crippen LogP contribution >= 0.6 is 0 Å². The maximum atomic E-state index is 13.2. The van der Waals surface area contributed by atoms with Gasteiger partial charge in [0.05, 0.1) is 24.3 Å². The van der Waals surface area contributed by atoms with Gasteiger partial charge in [-0.1, -0.05) is 26.0 Å². The number of hydrogen-bond donors (Lipinski definition) is 1. The fraction of sp³-hybridized carbons (Fsp3) is 0.389. The summed E-state index contributed by atoms with van der Waals surface area (Å²) in [5, 5.41) is 9.23. The minimum atomic E-state index is -0.369. The Labute approximate surface area is 145 Å². The minimum Gasteiger partial charge on any atom is -0.423 e. The molecule has 3 aromatic rings. The first-order valence-electron chi connectivity index (χ1n) is 8.43. The highest BCUT2D eigenvalue weighted by Gasteiger charge is 2.34. The number of amides is 1. The fourth-order valence-electron chi connectivity index (χ4n) is 3.08. The molecule has 1 atom stereocenters. The number of benzene rings is 1. The van der Waals surface area contributed by atoms with E-state index in [1.807, 2.05) is 44.3 Å². The summed E-state index contributed by atoms with van der Waals surface area (Å²) in [5.41, 5.74) is 1.48. The summed E-state index contributed by atoms with van der Waals surface area (Å²) in [6.45, 7) is 5.31. The third-order valence-corrected chi connectivity index (χ3v) is 4.44. The summed E-state index contributed by atoms with van der Waals surface area (Å²) in [5.74, 6) is 1.07. The van der Waals surface area contributed by atoms with Crippen molar-refractivity contribution in [1.82, 2.24) is 20.1 Å². The van der Waals surface area contributed by atoms with Crippen molar-refractivity contribution in [2.24, 2.45) is 0 Å². The molecule has 0 radical (unpaired) electrons. The maximum Gasteiger partial charge on any atom is 0.256 e. The number of aromatic amines is 1. The largest absolute Gasteiger partial charge is 0.423 e. The Bertz CT molecular complexity index is 899. The molecule has 1 N–H and O–H groups in total. The second-order valence-electron chi connectivity index (χ2n) is 6.47. The van der Waals surface area contributed by atoms with Gasteiger partial charge in [-0.25, -0.2) is 0 Å². The lowest BCUT2D eigenvalue weighted by Crippen LogP contribution is -2.43. The van der Waals surface area contributed by atoms with Crippen molar-refractivity contribution in [3.05, 3.63) is 47.8 Å². The van der Waals surface area contributed by atoms with Crippen LogP contribution < -0.4 is 0 Å². The van der Waals surface area contributed by atoms with Crippen LogP contribution in [-0.4, -0.2) is 45.7 Å². The van der Waals surface area contributed by atoms with Gasteiger partial charge in [-0.2, -0.15) is 0 Å². The normalized spacial score (nSPS) is 18.2. The van der Waals surface area contributed by atoms with Gasteiger partial charge in [0.15, 0.2) is 0 Å². The number of nitrogens with zero attached hydrogens (tertiary/aromatic N) is 3. The number of carbonyl (C=O) groups is 1. The van der Waals surface area contributed by atoms with Crippen molar-refractivity contribution < 1.29 is 13.9 Å². The molecule has 3 heterocycles. The molecule has 2 aromatic heterocycles. The molecule has 0 bridgehead atoms. The molecule has 4 rings (SSSR count). The lowest BCUT2D eigenvalue weighted by atomic mass is 10.1. The Hall–Kier alpha value is -2.67. The number of H-pyrrole nitrogens is 1. The number of nitrogens with one attached hydrogen (secondary N) is 1. The molecule has 130 valence electrons. The van der Waals surface area contributed by atoms with Crippen LogP contribution in [0.15, 0.2) is 34.9 Å². The van der Waals surface area contributed by atoms with Gasteiger partial charge in [-0.05, 0) is 12.1 Å². The summed E-state index contributed by atoms with van der Waals surface area (Å²) in [4.78, 5) is 18.1. The van der Waals surface area contributed by atoms with Crippen LogP contribution in [0.3, 0.4) is 0 Å². The molecule has 1 amide bonds. The number of para-hydroxylation sites is 1. The third-order valence-electron chi connectivity index (χ3n) is 4.44. The second-order valence-corrected chi connectivity index (χ2v) is 6.47. The summed E-state index contributed by atoms with van der Waals surface area (Å²) < 4.78 is 11.3. The van der Waals surface area contributed by atoms with Gasteiger partial charge in [0.1, 0.15) is 6.04 Å². The van der Waals surface area contributed by atoms with Crippen LogP contribution in [0.25, 0.3) is 10.9 Å². The predicted octanol–water partition coefficient (Wildman–Crippen LogP) is 2.89. The average molecular weight is 340 g/mol. The highest BCUT2D eigenvalue weighted by atomic mass is 16.5. The Kier molecular flexibility index (Phi) is 4.01. The Morgan fingerprint density at radius 3 is 3.00 bits per heavy atom. The van der Waals surface area contributed by atoms with Crippen LogP contribution in [0, 0.1) is 0 Å².